The van der Waals surface area contributed by atoms with Crippen molar-refractivity contribution in [1.29, 1.82) is 0 Å². The predicted molar refractivity (Wildman–Crippen MR) is 85.1 cm³/mol. The molecule has 2 amide bonds. The first-order chi connectivity index (χ1) is 12.0. The number of piperidine rings is 1. The van der Waals surface area contributed by atoms with Gasteiger partial charge in [-0.25, -0.2) is 9.37 Å². The van der Waals surface area contributed by atoms with Gasteiger partial charge in [0.25, 0.3) is 0 Å². The van der Waals surface area contributed by atoms with Gasteiger partial charge in [-0.1, -0.05) is 6.07 Å². The van der Waals surface area contributed by atoms with Gasteiger partial charge in [-0.2, -0.15) is 4.39 Å². The molecule has 2 N–H and O–H groups in total. The first-order valence-corrected chi connectivity index (χ1v) is 7.71. The molecule has 1 aromatic carbocycles. The molecular formula is C17H15F2N3O3. The molecule has 1 atom stereocenters. The maximum atomic E-state index is 13.6. The number of halogens is 2. The van der Waals surface area contributed by atoms with Crippen LogP contribution in [-0.4, -0.2) is 22.8 Å². The van der Waals surface area contributed by atoms with E-state index in [1.807, 2.05) is 0 Å². The summed E-state index contributed by atoms with van der Waals surface area (Å²) in [6, 6.07) is 5.95. The molecule has 3 rings (SSSR count). The van der Waals surface area contributed by atoms with E-state index < -0.39 is 17.7 Å². The molecule has 0 saturated carbocycles. The monoisotopic (exact) mass is 347 g/mol. The van der Waals surface area contributed by atoms with E-state index >= 15 is 0 Å². The number of hydrogen-bond donors (Lipinski definition) is 2. The topological polar surface area (TPSA) is 80.3 Å². The summed E-state index contributed by atoms with van der Waals surface area (Å²) < 4.78 is 31.9. The van der Waals surface area contributed by atoms with Gasteiger partial charge < -0.3 is 15.4 Å². The number of benzene rings is 1. The van der Waals surface area contributed by atoms with E-state index in [1.54, 1.807) is 0 Å². The summed E-state index contributed by atoms with van der Waals surface area (Å²) >= 11 is 0. The number of aromatic nitrogens is 1. The molecule has 1 aromatic heterocycles. The van der Waals surface area contributed by atoms with Crippen LogP contribution < -0.4 is 15.4 Å². The van der Waals surface area contributed by atoms with E-state index in [2.05, 4.69) is 15.6 Å². The molecule has 130 valence electrons. The fraction of sp³-hybridized carbons (Fsp3) is 0.235. The van der Waals surface area contributed by atoms with Gasteiger partial charge in [-0.05, 0) is 31.0 Å². The summed E-state index contributed by atoms with van der Waals surface area (Å²) in [5.74, 6) is -2.83. The molecule has 1 aliphatic heterocycles. The zero-order valence-corrected chi connectivity index (χ0v) is 13.1. The summed E-state index contributed by atoms with van der Waals surface area (Å²) in [4.78, 5) is 27.4. The average Bonchev–Trinajstić information content (AvgIpc) is 2.60. The minimum atomic E-state index is -1.10. The number of rotatable bonds is 4. The van der Waals surface area contributed by atoms with Gasteiger partial charge in [-0.15, -0.1) is 0 Å². The Labute approximate surface area is 142 Å². The van der Waals surface area contributed by atoms with Crippen LogP contribution in [0.1, 0.15) is 19.3 Å². The number of hydrogen-bond acceptors (Lipinski definition) is 4. The normalized spacial score (nSPS) is 16.9. The Morgan fingerprint density at radius 3 is 2.84 bits per heavy atom. The lowest BCUT2D eigenvalue weighted by molar-refractivity contribution is -0.128. The van der Waals surface area contributed by atoms with Crippen molar-refractivity contribution in [3.05, 3.63) is 48.2 Å². The highest BCUT2D eigenvalue weighted by molar-refractivity contribution is 5.97. The highest BCUT2D eigenvalue weighted by atomic mass is 19.2. The van der Waals surface area contributed by atoms with Crippen LogP contribution in [0.5, 0.6) is 11.6 Å². The second-order valence-electron chi connectivity index (χ2n) is 5.54. The molecule has 0 bridgehead atoms. The van der Waals surface area contributed by atoms with Crippen molar-refractivity contribution >= 4 is 17.5 Å². The smallest absolute Gasteiger partial charge is 0.246 e. The van der Waals surface area contributed by atoms with E-state index in [4.69, 9.17) is 4.74 Å². The lowest BCUT2D eigenvalue weighted by Gasteiger charge is -2.22. The molecule has 1 fully saturated rings. The van der Waals surface area contributed by atoms with Crippen LogP contribution >= 0.6 is 0 Å². The second-order valence-corrected chi connectivity index (χ2v) is 5.54. The van der Waals surface area contributed by atoms with Crippen molar-refractivity contribution in [1.82, 2.24) is 10.3 Å². The van der Waals surface area contributed by atoms with Gasteiger partial charge >= 0.3 is 0 Å². The first-order valence-electron chi connectivity index (χ1n) is 7.71. The summed E-state index contributed by atoms with van der Waals surface area (Å²) in [7, 11) is 0. The Balaban J connectivity index is 1.63. The Morgan fingerprint density at radius 1 is 1.28 bits per heavy atom. The van der Waals surface area contributed by atoms with Gasteiger partial charge in [0.1, 0.15) is 6.04 Å². The minimum Gasteiger partial charge on any atom is -0.436 e. The van der Waals surface area contributed by atoms with Crippen LogP contribution in [0, 0.1) is 11.6 Å². The minimum absolute atomic E-state index is 0.0495. The SMILES string of the molecule is O=C1CCC[C@H](C(=O)Nc2ccc(Oc3cccc(F)c3F)nc2)N1. The van der Waals surface area contributed by atoms with Crippen LogP contribution in [0.25, 0.3) is 0 Å². The van der Waals surface area contributed by atoms with Gasteiger partial charge in [0.05, 0.1) is 11.9 Å². The van der Waals surface area contributed by atoms with Crippen LogP contribution in [0.4, 0.5) is 14.5 Å². The van der Waals surface area contributed by atoms with Crippen molar-refractivity contribution in [2.24, 2.45) is 0 Å². The number of nitrogens with one attached hydrogen (secondary N) is 2. The molecule has 0 unspecified atom stereocenters. The third kappa shape index (κ3) is 4.09. The molecule has 1 saturated heterocycles. The highest BCUT2D eigenvalue weighted by Crippen LogP contribution is 2.25. The first kappa shape index (κ1) is 16.8. The summed E-state index contributed by atoms with van der Waals surface area (Å²) in [6.45, 7) is 0. The van der Waals surface area contributed by atoms with Crippen molar-refractivity contribution < 1.29 is 23.1 Å². The van der Waals surface area contributed by atoms with Crippen molar-refractivity contribution in [2.75, 3.05) is 5.32 Å². The van der Waals surface area contributed by atoms with Gasteiger partial charge in [-0.3, -0.25) is 9.59 Å². The third-order valence-corrected chi connectivity index (χ3v) is 3.68. The van der Waals surface area contributed by atoms with Crippen molar-refractivity contribution in [2.45, 2.75) is 25.3 Å². The van der Waals surface area contributed by atoms with Crippen LogP contribution in [0.3, 0.4) is 0 Å². The molecule has 0 radical (unpaired) electrons. The predicted octanol–water partition coefficient (Wildman–Crippen LogP) is 2.76. The quantitative estimate of drug-likeness (QED) is 0.891. The number of anilines is 1. The summed E-state index contributed by atoms with van der Waals surface area (Å²) in [6.07, 6.45) is 2.99. The van der Waals surface area contributed by atoms with Gasteiger partial charge in [0.2, 0.25) is 23.5 Å². The van der Waals surface area contributed by atoms with E-state index in [1.165, 1.54) is 30.5 Å². The lowest BCUT2D eigenvalue weighted by atomic mass is 10.0. The summed E-state index contributed by atoms with van der Waals surface area (Å²) in [5, 5.41) is 5.26. The van der Waals surface area contributed by atoms with E-state index in [-0.39, 0.29) is 23.4 Å². The van der Waals surface area contributed by atoms with Crippen LogP contribution in [0.2, 0.25) is 0 Å². The average molecular weight is 347 g/mol. The maximum Gasteiger partial charge on any atom is 0.246 e. The van der Waals surface area contributed by atoms with Crippen molar-refractivity contribution in [3.63, 3.8) is 0 Å². The van der Waals surface area contributed by atoms with Crippen LogP contribution in [0.15, 0.2) is 36.5 Å². The van der Waals surface area contributed by atoms with Crippen molar-refractivity contribution in [3.8, 4) is 11.6 Å². The largest absolute Gasteiger partial charge is 0.436 e. The molecular weight excluding hydrogens is 332 g/mol. The zero-order chi connectivity index (χ0) is 17.8. The van der Waals surface area contributed by atoms with Gasteiger partial charge in [0.15, 0.2) is 11.6 Å². The van der Waals surface area contributed by atoms with Crippen LogP contribution in [-0.2, 0) is 9.59 Å². The molecule has 8 heteroatoms. The number of nitrogens with zero attached hydrogens (tertiary/aromatic N) is 1. The third-order valence-electron chi connectivity index (χ3n) is 3.68. The molecule has 2 heterocycles. The molecule has 1 aliphatic rings. The number of carbonyl (C=O) groups excluding carboxylic acids is 2. The zero-order valence-electron chi connectivity index (χ0n) is 13.1. The number of pyridine rings is 1. The van der Waals surface area contributed by atoms with Gasteiger partial charge in [0, 0.05) is 12.5 Å². The fourth-order valence-corrected chi connectivity index (χ4v) is 2.42. The Hall–Kier alpha value is -3.03. The summed E-state index contributed by atoms with van der Waals surface area (Å²) in [5.41, 5.74) is 0.400. The maximum absolute atomic E-state index is 13.6. The van der Waals surface area contributed by atoms with E-state index in [9.17, 15) is 18.4 Å². The molecule has 2 aromatic rings. The van der Waals surface area contributed by atoms with E-state index in [0.717, 1.165) is 6.07 Å². The second kappa shape index (κ2) is 7.25. The molecule has 6 nitrogen and oxygen atoms in total. The molecule has 25 heavy (non-hydrogen) atoms. The number of ether oxygens (including phenoxy) is 1. The molecule has 0 spiro atoms. The Kier molecular flexibility index (Phi) is 4.87. The highest BCUT2D eigenvalue weighted by Gasteiger charge is 2.24. The number of carbonyl (C=O) groups is 2. The molecule has 0 aliphatic carbocycles. The Bertz CT molecular complexity index is 796. The van der Waals surface area contributed by atoms with E-state index in [0.29, 0.717) is 24.9 Å². The lowest BCUT2D eigenvalue weighted by Crippen LogP contribution is -2.46. The fourth-order valence-electron chi connectivity index (χ4n) is 2.42. The number of amides is 2. The standard InChI is InChI=1S/C17H15F2N3O3/c18-11-3-1-5-13(16(11)19)25-15-8-7-10(9-20-15)21-17(24)12-4-2-6-14(23)22-12/h1,3,5,7-9,12H,2,4,6H2,(H,21,24)(H,22,23)/t12-/m1/s1. The Morgan fingerprint density at radius 2 is 2.12 bits per heavy atom.